The summed E-state index contributed by atoms with van der Waals surface area (Å²) in [6, 6.07) is 0.238. The fourth-order valence-corrected chi connectivity index (χ4v) is 4.21. The van der Waals surface area contributed by atoms with Crippen molar-refractivity contribution in [2.24, 2.45) is 0 Å². The Bertz CT molecular complexity index is 474. The van der Waals surface area contributed by atoms with Crippen LogP contribution >= 0.6 is 0 Å². The van der Waals surface area contributed by atoms with E-state index in [1.54, 1.807) is 4.90 Å². The standard InChI is InChI=1S/C14H28N4O3S/c1-16(2)22(20,21)18-10-6-9-17(11-12-18)14(19)15-13-7-4-3-5-8-13/h13H,3-12H2,1-2H3,(H,15,19). The number of urea groups is 1. The van der Waals surface area contributed by atoms with Crippen LogP contribution in [0.25, 0.3) is 0 Å². The average Bonchev–Trinajstić information content (AvgIpc) is 2.74. The second-order valence-corrected chi connectivity index (χ2v) is 8.46. The zero-order valence-electron chi connectivity index (χ0n) is 13.6. The number of rotatable bonds is 3. The number of hydrogen-bond acceptors (Lipinski definition) is 3. The van der Waals surface area contributed by atoms with Gasteiger partial charge in [-0.15, -0.1) is 0 Å². The molecular weight excluding hydrogens is 304 g/mol. The van der Waals surface area contributed by atoms with Crippen molar-refractivity contribution >= 4 is 16.2 Å². The van der Waals surface area contributed by atoms with E-state index in [-0.39, 0.29) is 12.1 Å². The van der Waals surface area contributed by atoms with E-state index in [1.807, 2.05) is 0 Å². The van der Waals surface area contributed by atoms with E-state index in [9.17, 15) is 13.2 Å². The summed E-state index contributed by atoms with van der Waals surface area (Å²) in [6.45, 7) is 1.88. The van der Waals surface area contributed by atoms with Crippen molar-refractivity contribution in [2.45, 2.75) is 44.6 Å². The van der Waals surface area contributed by atoms with Gasteiger partial charge in [0.25, 0.3) is 10.2 Å². The van der Waals surface area contributed by atoms with Crippen molar-refractivity contribution in [3.8, 4) is 0 Å². The first-order chi connectivity index (χ1) is 10.4. The molecule has 0 aromatic carbocycles. The first-order valence-electron chi connectivity index (χ1n) is 8.14. The molecule has 1 heterocycles. The smallest absolute Gasteiger partial charge is 0.317 e. The molecule has 8 heteroatoms. The number of nitrogens with one attached hydrogen (secondary N) is 1. The van der Waals surface area contributed by atoms with Gasteiger partial charge in [0.15, 0.2) is 0 Å². The monoisotopic (exact) mass is 332 g/mol. The first-order valence-corrected chi connectivity index (χ1v) is 9.54. The van der Waals surface area contributed by atoms with Gasteiger partial charge in [-0.2, -0.15) is 17.0 Å². The summed E-state index contributed by atoms with van der Waals surface area (Å²) in [6.07, 6.45) is 6.40. The first kappa shape index (κ1) is 17.5. The van der Waals surface area contributed by atoms with Crippen LogP contribution in [0.15, 0.2) is 0 Å². The molecule has 2 amide bonds. The summed E-state index contributed by atoms with van der Waals surface area (Å²) in [7, 11) is -0.320. The number of hydrogen-bond donors (Lipinski definition) is 1. The van der Waals surface area contributed by atoms with E-state index in [0.29, 0.717) is 32.6 Å². The molecule has 2 rings (SSSR count). The van der Waals surface area contributed by atoms with Gasteiger partial charge in [-0.1, -0.05) is 19.3 Å². The molecule has 1 aliphatic carbocycles. The Balaban J connectivity index is 1.88. The van der Waals surface area contributed by atoms with E-state index < -0.39 is 10.2 Å². The molecule has 0 radical (unpaired) electrons. The Morgan fingerprint density at radius 3 is 2.32 bits per heavy atom. The van der Waals surface area contributed by atoms with Crippen LogP contribution in [0, 0.1) is 0 Å². The van der Waals surface area contributed by atoms with E-state index in [2.05, 4.69) is 5.32 Å². The van der Waals surface area contributed by atoms with Crippen molar-refractivity contribution in [2.75, 3.05) is 40.3 Å². The maximum atomic E-state index is 12.3. The van der Waals surface area contributed by atoms with Crippen LogP contribution in [0.5, 0.6) is 0 Å². The third-order valence-corrected chi connectivity index (χ3v) is 6.40. The van der Waals surface area contributed by atoms with Gasteiger partial charge < -0.3 is 10.2 Å². The molecule has 22 heavy (non-hydrogen) atoms. The number of carbonyl (C=O) groups is 1. The van der Waals surface area contributed by atoms with E-state index in [4.69, 9.17) is 0 Å². The van der Waals surface area contributed by atoms with Gasteiger partial charge in [0.1, 0.15) is 0 Å². The maximum absolute atomic E-state index is 12.3. The Morgan fingerprint density at radius 2 is 1.68 bits per heavy atom. The topological polar surface area (TPSA) is 73.0 Å². The Hall–Kier alpha value is -0.860. The van der Waals surface area contributed by atoms with Gasteiger partial charge in [0, 0.05) is 46.3 Å². The lowest BCUT2D eigenvalue weighted by atomic mass is 9.96. The van der Waals surface area contributed by atoms with Gasteiger partial charge in [-0.25, -0.2) is 4.79 Å². The fraction of sp³-hybridized carbons (Fsp3) is 0.929. The molecule has 2 aliphatic rings. The third-order valence-electron chi connectivity index (χ3n) is 4.46. The van der Waals surface area contributed by atoms with Crippen LogP contribution < -0.4 is 5.32 Å². The molecule has 7 nitrogen and oxygen atoms in total. The molecule has 0 unspecified atom stereocenters. The highest BCUT2D eigenvalue weighted by Gasteiger charge is 2.28. The SMILES string of the molecule is CN(C)S(=O)(=O)N1CCCN(C(=O)NC2CCCCC2)CC1. The van der Waals surface area contributed by atoms with Crippen LogP contribution in [0.3, 0.4) is 0 Å². The van der Waals surface area contributed by atoms with Crippen LogP contribution in [0.2, 0.25) is 0 Å². The lowest BCUT2D eigenvalue weighted by Crippen LogP contribution is -2.47. The second kappa shape index (κ2) is 7.61. The van der Waals surface area contributed by atoms with Crippen molar-refractivity contribution in [3.05, 3.63) is 0 Å². The van der Waals surface area contributed by atoms with Crippen molar-refractivity contribution in [1.82, 2.24) is 18.8 Å². The van der Waals surface area contributed by atoms with E-state index >= 15 is 0 Å². The minimum Gasteiger partial charge on any atom is -0.335 e. The Morgan fingerprint density at radius 1 is 1.00 bits per heavy atom. The second-order valence-electron chi connectivity index (χ2n) is 6.31. The van der Waals surface area contributed by atoms with Crippen molar-refractivity contribution in [3.63, 3.8) is 0 Å². The Kier molecular flexibility index (Phi) is 6.05. The molecule has 128 valence electrons. The van der Waals surface area contributed by atoms with Crippen LogP contribution in [0.1, 0.15) is 38.5 Å². The van der Waals surface area contributed by atoms with Crippen molar-refractivity contribution in [1.29, 1.82) is 0 Å². The molecule has 2 fully saturated rings. The molecule has 1 N–H and O–H groups in total. The summed E-state index contributed by atoms with van der Waals surface area (Å²) < 4.78 is 27.0. The largest absolute Gasteiger partial charge is 0.335 e. The molecular formula is C14H28N4O3S. The zero-order valence-corrected chi connectivity index (χ0v) is 14.4. The van der Waals surface area contributed by atoms with Crippen LogP contribution in [0.4, 0.5) is 4.79 Å². The zero-order chi connectivity index (χ0) is 16.2. The quantitative estimate of drug-likeness (QED) is 0.832. The minimum absolute atomic E-state index is 0.0454. The molecule has 1 aliphatic heterocycles. The lowest BCUT2D eigenvalue weighted by Gasteiger charge is -2.28. The van der Waals surface area contributed by atoms with E-state index in [0.717, 1.165) is 12.8 Å². The van der Waals surface area contributed by atoms with Gasteiger partial charge in [-0.3, -0.25) is 0 Å². The predicted molar refractivity (Wildman–Crippen MR) is 85.8 cm³/mol. The number of nitrogens with zero attached hydrogens (tertiary/aromatic N) is 3. The summed E-state index contributed by atoms with van der Waals surface area (Å²) >= 11 is 0. The molecule has 0 spiro atoms. The van der Waals surface area contributed by atoms with Crippen LogP contribution in [-0.4, -0.2) is 74.3 Å². The molecule has 0 aromatic rings. The van der Waals surface area contributed by atoms with Gasteiger partial charge >= 0.3 is 6.03 Å². The van der Waals surface area contributed by atoms with Gasteiger partial charge in [0.05, 0.1) is 0 Å². The predicted octanol–water partition coefficient (Wildman–Crippen LogP) is 0.843. The molecule has 1 saturated carbocycles. The normalized spacial score (nSPS) is 22.6. The summed E-state index contributed by atoms with van der Waals surface area (Å²) in [5, 5.41) is 3.10. The summed E-state index contributed by atoms with van der Waals surface area (Å²) in [4.78, 5) is 14.1. The minimum atomic E-state index is -3.39. The highest BCUT2D eigenvalue weighted by Crippen LogP contribution is 2.18. The Labute approximate surface area is 133 Å². The molecule has 0 bridgehead atoms. The highest BCUT2D eigenvalue weighted by molar-refractivity contribution is 7.86. The summed E-state index contributed by atoms with van der Waals surface area (Å²) in [5.41, 5.74) is 0. The van der Waals surface area contributed by atoms with Gasteiger partial charge in [-0.05, 0) is 19.3 Å². The highest BCUT2D eigenvalue weighted by atomic mass is 32.2. The van der Waals surface area contributed by atoms with Gasteiger partial charge in [0.2, 0.25) is 0 Å². The van der Waals surface area contributed by atoms with Crippen molar-refractivity contribution < 1.29 is 13.2 Å². The van der Waals surface area contributed by atoms with E-state index in [1.165, 1.54) is 42.0 Å². The average molecular weight is 332 g/mol. The molecule has 1 saturated heterocycles. The maximum Gasteiger partial charge on any atom is 0.317 e. The fourth-order valence-electron chi connectivity index (χ4n) is 3.07. The number of carbonyl (C=O) groups excluding carboxylic acids is 1. The molecule has 0 aromatic heterocycles. The molecule has 0 atom stereocenters. The third kappa shape index (κ3) is 4.33. The number of amides is 2. The lowest BCUT2D eigenvalue weighted by molar-refractivity contribution is 0.192. The summed E-state index contributed by atoms with van der Waals surface area (Å²) in [5.74, 6) is 0. The van der Waals surface area contributed by atoms with Crippen LogP contribution in [-0.2, 0) is 10.2 Å².